The molecular weight excluding hydrogens is 256 g/mol. The van der Waals surface area contributed by atoms with Gasteiger partial charge < -0.3 is 5.73 Å². The number of hydrogen-bond donors (Lipinski definition) is 1. The second-order valence-corrected chi connectivity index (χ2v) is 4.50. The van der Waals surface area contributed by atoms with Gasteiger partial charge in [-0.3, -0.25) is 0 Å². The van der Waals surface area contributed by atoms with Gasteiger partial charge in [-0.1, -0.05) is 29.8 Å². The van der Waals surface area contributed by atoms with E-state index in [1.54, 1.807) is 24.3 Å². The fourth-order valence-electron chi connectivity index (χ4n) is 1.83. The highest BCUT2D eigenvalue weighted by Gasteiger charge is 2.15. The Kier molecular flexibility index (Phi) is 3.64. The van der Waals surface area contributed by atoms with Crippen LogP contribution in [0.1, 0.15) is 11.1 Å². The molecule has 0 bridgehead atoms. The lowest BCUT2D eigenvalue weighted by molar-refractivity contribution is 0.505. The minimum Gasteiger partial charge on any atom is -0.326 e. The summed E-state index contributed by atoms with van der Waals surface area (Å²) in [5.41, 5.74) is 7.30. The molecule has 0 fully saturated rings. The largest absolute Gasteiger partial charge is 0.326 e. The van der Waals surface area contributed by atoms with E-state index < -0.39 is 11.6 Å². The quantitative estimate of drug-likeness (QED) is 0.873. The molecule has 0 amide bonds. The van der Waals surface area contributed by atoms with Gasteiger partial charge in [-0.2, -0.15) is 0 Å². The zero-order valence-corrected chi connectivity index (χ0v) is 10.6. The van der Waals surface area contributed by atoms with Gasteiger partial charge in [0.1, 0.15) is 0 Å². The van der Waals surface area contributed by atoms with Crippen molar-refractivity contribution < 1.29 is 8.78 Å². The number of hydrogen-bond acceptors (Lipinski definition) is 1. The Bertz CT molecular complexity index is 597. The molecular formula is C14H12ClF2N. The maximum Gasteiger partial charge on any atom is 0.166 e. The molecule has 1 nitrogen and oxygen atoms in total. The van der Waals surface area contributed by atoms with Crippen LogP contribution in [-0.4, -0.2) is 0 Å². The zero-order chi connectivity index (χ0) is 13.3. The summed E-state index contributed by atoms with van der Waals surface area (Å²) in [6.45, 7) is 1.76. The predicted octanol–water partition coefficient (Wildman–Crippen LogP) is 4.05. The molecule has 0 heterocycles. The molecule has 18 heavy (non-hydrogen) atoms. The van der Waals surface area contributed by atoms with Gasteiger partial charge in [0.15, 0.2) is 11.6 Å². The molecule has 0 aliphatic rings. The fourth-order valence-corrected chi connectivity index (χ4v) is 2.00. The summed E-state index contributed by atoms with van der Waals surface area (Å²) in [6.07, 6.45) is 0. The zero-order valence-electron chi connectivity index (χ0n) is 9.81. The van der Waals surface area contributed by atoms with Crippen molar-refractivity contribution in [1.29, 1.82) is 0 Å². The van der Waals surface area contributed by atoms with Crippen molar-refractivity contribution >= 4 is 11.6 Å². The van der Waals surface area contributed by atoms with Crippen LogP contribution in [0.25, 0.3) is 11.1 Å². The highest BCUT2D eigenvalue weighted by Crippen LogP contribution is 2.30. The first-order valence-electron chi connectivity index (χ1n) is 5.48. The molecule has 0 atom stereocenters. The second kappa shape index (κ2) is 5.04. The minimum atomic E-state index is -0.869. The van der Waals surface area contributed by atoms with Gasteiger partial charge in [0, 0.05) is 17.1 Å². The maximum absolute atomic E-state index is 13.9. The average molecular weight is 268 g/mol. The summed E-state index contributed by atoms with van der Waals surface area (Å²) < 4.78 is 27.5. The highest BCUT2D eigenvalue weighted by molar-refractivity contribution is 6.30. The fraction of sp³-hybridized carbons (Fsp3) is 0.143. The third-order valence-electron chi connectivity index (χ3n) is 2.86. The van der Waals surface area contributed by atoms with Gasteiger partial charge in [0.2, 0.25) is 0 Å². The lowest BCUT2D eigenvalue weighted by Gasteiger charge is -2.11. The molecule has 0 saturated carbocycles. The Balaban J connectivity index is 2.69. The van der Waals surface area contributed by atoms with Gasteiger partial charge in [0.05, 0.1) is 0 Å². The van der Waals surface area contributed by atoms with Crippen LogP contribution in [0.2, 0.25) is 5.02 Å². The van der Waals surface area contributed by atoms with Crippen molar-refractivity contribution in [3.8, 4) is 11.1 Å². The number of halogens is 3. The van der Waals surface area contributed by atoms with Crippen LogP contribution < -0.4 is 5.73 Å². The van der Waals surface area contributed by atoms with E-state index in [0.29, 0.717) is 10.6 Å². The third-order valence-corrected chi connectivity index (χ3v) is 3.09. The SMILES string of the molecule is Cc1ccc(-c2cc(Cl)ccc2CN)c(F)c1F. The molecule has 94 valence electrons. The van der Waals surface area contributed by atoms with Crippen molar-refractivity contribution in [2.24, 2.45) is 5.73 Å². The molecule has 2 aromatic carbocycles. The van der Waals surface area contributed by atoms with Crippen LogP contribution in [-0.2, 0) is 6.54 Å². The van der Waals surface area contributed by atoms with Crippen LogP contribution >= 0.6 is 11.6 Å². The summed E-state index contributed by atoms with van der Waals surface area (Å²) in [4.78, 5) is 0. The molecule has 0 aliphatic carbocycles. The molecule has 0 saturated heterocycles. The van der Waals surface area contributed by atoms with E-state index in [-0.39, 0.29) is 17.7 Å². The van der Waals surface area contributed by atoms with Crippen LogP contribution in [0.5, 0.6) is 0 Å². The van der Waals surface area contributed by atoms with Crippen LogP contribution in [0.15, 0.2) is 30.3 Å². The summed E-state index contributed by atoms with van der Waals surface area (Å²) in [5.74, 6) is -1.71. The monoisotopic (exact) mass is 267 g/mol. The standard InChI is InChI=1S/C14H12ClF2N/c1-8-2-5-11(14(17)13(8)16)12-6-10(15)4-3-9(12)7-18/h2-6H,7,18H2,1H3. The van der Waals surface area contributed by atoms with E-state index in [1.807, 2.05) is 0 Å². The Hall–Kier alpha value is -1.45. The van der Waals surface area contributed by atoms with E-state index >= 15 is 0 Å². The van der Waals surface area contributed by atoms with Crippen LogP contribution in [0.3, 0.4) is 0 Å². The third kappa shape index (κ3) is 2.24. The molecule has 2 aromatic rings. The van der Waals surface area contributed by atoms with Crippen molar-refractivity contribution in [3.63, 3.8) is 0 Å². The van der Waals surface area contributed by atoms with E-state index in [9.17, 15) is 8.78 Å². The van der Waals surface area contributed by atoms with E-state index in [4.69, 9.17) is 17.3 Å². The molecule has 0 radical (unpaired) electrons. The van der Waals surface area contributed by atoms with Crippen molar-refractivity contribution in [1.82, 2.24) is 0 Å². The second-order valence-electron chi connectivity index (χ2n) is 4.06. The van der Waals surface area contributed by atoms with Gasteiger partial charge in [-0.25, -0.2) is 8.78 Å². The maximum atomic E-state index is 13.9. The first-order chi connectivity index (χ1) is 8.54. The highest BCUT2D eigenvalue weighted by atomic mass is 35.5. The lowest BCUT2D eigenvalue weighted by Crippen LogP contribution is -2.01. The average Bonchev–Trinajstić information content (AvgIpc) is 2.36. The van der Waals surface area contributed by atoms with Gasteiger partial charge >= 0.3 is 0 Å². The van der Waals surface area contributed by atoms with E-state index in [0.717, 1.165) is 5.56 Å². The number of aryl methyl sites for hydroxylation is 1. The Labute approximate surface area is 109 Å². The van der Waals surface area contributed by atoms with Crippen LogP contribution in [0.4, 0.5) is 8.78 Å². The lowest BCUT2D eigenvalue weighted by atomic mass is 9.98. The van der Waals surface area contributed by atoms with Gasteiger partial charge in [0.25, 0.3) is 0 Å². The molecule has 0 aromatic heterocycles. The summed E-state index contributed by atoms with van der Waals surface area (Å²) >= 11 is 5.89. The smallest absolute Gasteiger partial charge is 0.166 e. The topological polar surface area (TPSA) is 26.0 Å². The Morgan fingerprint density at radius 1 is 1.06 bits per heavy atom. The first-order valence-corrected chi connectivity index (χ1v) is 5.86. The van der Waals surface area contributed by atoms with Gasteiger partial charge in [-0.15, -0.1) is 0 Å². The van der Waals surface area contributed by atoms with Crippen LogP contribution in [0, 0.1) is 18.6 Å². The number of nitrogens with two attached hydrogens (primary N) is 1. The Morgan fingerprint density at radius 3 is 2.44 bits per heavy atom. The molecule has 2 rings (SSSR count). The normalized spacial score (nSPS) is 10.7. The molecule has 4 heteroatoms. The Morgan fingerprint density at radius 2 is 1.78 bits per heavy atom. The predicted molar refractivity (Wildman–Crippen MR) is 69.4 cm³/mol. The molecule has 0 unspecified atom stereocenters. The van der Waals surface area contributed by atoms with E-state index in [1.165, 1.54) is 13.0 Å². The van der Waals surface area contributed by atoms with Crippen molar-refractivity contribution in [2.75, 3.05) is 0 Å². The first kappa shape index (κ1) is 13.0. The van der Waals surface area contributed by atoms with Crippen molar-refractivity contribution in [3.05, 3.63) is 58.1 Å². The summed E-state index contributed by atoms with van der Waals surface area (Å²) in [6, 6.07) is 8.06. The molecule has 0 spiro atoms. The van der Waals surface area contributed by atoms with E-state index in [2.05, 4.69) is 0 Å². The minimum absolute atomic E-state index is 0.182. The van der Waals surface area contributed by atoms with Crippen molar-refractivity contribution in [2.45, 2.75) is 13.5 Å². The summed E-state index contributed by atoms with van der Waals surface area (Å²) in [7, 11) is 0. The van der Waals surface area contributed by atoms with Gasteiger partial charge in [-0.05, 0) is 35.7 Å². The molecule has 2 N–H and O–H groups in total. The summed E-state index contributed by atoms with van der Waals surface area (Å²) in [5, 5.41) is 0.461. The number of rotatable bonds is 2. The molecule has 0 aliphatic heterocycles. The number of benzene rings is 2.